The second kappa shape index (κ2) is 8.16. The highest BCUT2D eigenvalue weighted by atomic mass is 32.2. The Labute approximate surface area is 149 Å². The Balaban J connectivity index is 2.14. The van der Waals surface area contributed by atoms with Gasteiger partial charge in [-0.05, 0) is 30.2 Å². The second-order valence-corrected chi connectivity index (χ2v) is 6.62. The van der Waals surface area contributed by atoms with Gasteiger partial charge in [-0.25, -0.2) is 0 Å². The first kappa shape index (κ1) is 18.3. The minimum Gasteiger partial charge on any atom is -0.493 e. The number of methoxy groups -OCH3 is 2. The molecule has 1 aromatic carbocycles. The monoisotopic (exact) mass is 367 g/mol. The van der Waals surface area contributed by atoms with Crippen LogP contribution in [0.3, 0.4) is 0 Å². The summed E-state index contributed by atoms with van der Waals surface area (Å²) in [5.74, 6) is 0.0885. The van der Waals surface area contributed by atoms with E-state index in [2.05, 4.69) is 0 Å². The molecule has 0 unspecified atom stereocenters. The van der Waals surface area contributed by atoms with Gasteiger partial charge in [-0.2, -0.15) is 0 Å². The lowest BCUT2D eigenvalue weighted by Gasteiger charge is -2.13. The molecule has 6 nitrogen and oxygen atoms in total. The highest BCUT2D eigenvalue weighted by Gasteiger charge is 2.31. The van der Waals surface area contributed by atoms with E-state index in [9.17, 15) is 9.59 Å². The van der Waals surface area contributed by atoms with Crippen molar-refractivity contribution in [2.45, 2.75) is 12.8 Å². The molecule has 0 aromatic heterocycles. The van der Waals surface area contributed by atoms with Crippen LogP contribution in [0.1, 0.15) is 18.4 Å². The molecule has 8 heteroatoms. The predicted molar refractivity (Wildman–Crippen MR) is 96.3 cm³/mol. The van der Waals surface area contributed by atoms with Crippen LogP contribution >= 0.6 is 24.0 Å². The summed E-state index contributed by atoms with van der Waals surface area (Å²) in [6.07, 6.45) is 2.11. The molecule has 1 fully saturated rings. The van der Waals surface area contributed by atoms with E-state index < -0.39 is 5.97 Å². The third-order valence-electron chi connectivity index (χ3n) is 3.35. The number of carbonyl (C=O) groups excluding carboxylic acids is 1. The third-order valence-corrected chi connectivity index (χ3v) is 4.73. The Hall–Kier alpha value is -2.06. The minimum atomic E-state index is -0.888. The summed E-state index contributed by atoms with van der Waals surface area (Å²) in [7, 11) is 3.10. The van der Waals surface area contributed by atoms with Crippen LogP contribution < -0.4 is 9.47 Å². The molecule has 0 spiro atoms. The number of thioether (sulfide) groups is 1. The van der Waals surface area contributed by atoms with Gasteiger partial charge in [0.25, 0.3) is 5.91 Å². The Bertz CT molecular complexity index is 702. The van der Waals surface area contributed by atoms with Gasteiger partial charge in [-0.3, -0.25) is 14.5 Å². The molecule has 1 N–H and O–H groups in total. The van der Waals surface area contributed by atoms with Gasteiger partial charge in [0.15, 0.2) is 11.5 Å². The van der Waals surface area contributed by atoms with Gasteiger partial charge in [0.2, 0.25) is 0 Å². The van der Waals surface area contributed by atoms with Crippen molar-refractivity contribution in [3.63, 3.8) is 0 Å². The Morgan fingerprint density at radius 1 is 1.33 bits per heavy atom. The van der Waals surface area contributed by atoms with Crippen molar-refractivity contribution in [2.24, 2.45) is 0 Å². The first-order valence-electron chi connectivity index (χ1n) is 7.15. The van der Waals surface area contributed by atoms with Crippen LogP contribution in [0.4, 0.5) is 0 Å². The zero-order chi connectivity index (χ0) is 17.7. The van der Waals surface area contributed by atoms with Crippen molar-refractivity contribution in [3.8, 4) is 11.5 Å². The second-order valence-electron chi connectivity index (χ2n) is 4.95. The van der Waals surface area contributed by atoms with Crippen LogP contribution in [0.25, 0.3) is 6.08 Å². The lowest BCUT2D eigenvalue weighted by molar-refractivity contribution is -0.137. The van der Waals surface area contributed by atoms with Crippen LogP contribution in [-0.2, 0) is 9.59 Å². The molecule has 0 radical (unpaired) electrons. The number of amides is 1. The highest BCUT2D eigenvalue weighted by molar-refractivity contribution is 8.26. The minimum absolute atomic E-state index is 0.00574. The fourth-order valence-corrected chi connectivity index (χ4v) is 3.48. The van der Waals surface area contributed by atoms with Gasteiger partial charge in [0.1, 0.15) is 4.32 Å². The fraction of sp³-hybridized carbons (Fsp3) is 0.312. The molecular weight excluding hydrogens is 350 g/mol. The molecule has 128 valence electrons. The number of rotatable bonds is 7. The molecular formula is C16H17NO5S2. The van der Waals surface area contributed by atoms with E-state index in [1.807, 2.05) is 6.07 Å². The number of nitrogens with zero attached hydrogens (tertiary/aromatic N) is 1. The number of ether oxygens (including phenoxy) is 2. The molecule has 1 saturated heterocycles. The normalized spacial score (nSPS) is 15.9. The highest BCUT2D eigenvalue weighted by Crippen LogP contribution is 2.34. The van der Waals surface area contributed by atoms with Gasteiger partial charge in [0.05, 0.1) is 19.1 Å². The molecule has 1 aliphatic heterocycles. The predicted octanol–water partition coefficient (Wildman–Crippen LogP) is 2.77. The summed E-state index contributed by atoms with van der Waals surface area (Å²) >= 11 is 6.42. The van der Waals surface area contributed by atoms with Crippen molar-refractivity contribution in [1.29, 1.82) is 0 Å². The van der Waals surface area contributed by atoms with Crippen LogP contribution in [0.15, 0.2) is 23.1 Å². The van der Waals surface area contributed by atoms with Gasteiger partial charge in [0, 0.05) is 13.0 Å². The topological polar surface area (TPSA) is 76.1 Å². The first-order valence-corrected chi connectivity index (χ1v) is 8.38. The summed E-state index contributed by atoms with van der Waals surface area (Å²) in [5.41, 5.74) is 0.790. The van der Waals surface area contributed by atoms with Crippen molar-refractivity contribution < 1.29 is 24.2 Å². The Kier molecular flexibility index (Phi) is 6.22. The number of aliphatic carboxylic acids is 1. The maximum atomic E-state index is 12.4. The first-order chi connectivity index (χ1) is 11.5. The standard InChI is InChI=1S/C16H17NO5S2/c1-21-11-6-5-10(8-12(11)22-2)9-13-15(20)17(16(23)24-13)7-3-4-14(18)19/h5-6,8-9H,3-4,7H2,1-2H3,(H,18,19)/b13-9+. The Morgan fingerprint density at radius 3 is 2.67 bits per heavy atom. The van der Waals surface area contributed by atoms with Gasteiger partial charge in [-0.15, -0.1) is 0 Å². The van der Waals surface area contributed by atoms with Crippen LogP contribution in [-0.4, -0.2) is 47.0 Å². The average molecular weight is 367 g/mol. The number of benzene rings is 1. The van der Waals surface area contributed by atoms with Crippen molar-refractivity contribution in [1.82, 2.24) is 4.90 Å². The molecule has 24 heavy (non-hydrogen) atoms. The molecule has 0 aliphatic carbocycles. The summed E-state index contributed by atoms with van der Waals surface area (Å²) < 4.78 is 10.9. The lowest BCUT2D eigenvalue weighted by Crippen LogP contribution is -2.29. The number of carbonyl (C=O) groups is 2. The van der Waals surface area contributed by atoms with E-state index >= 15 is 0 Å². The smallest absolute Gasteiger partial charge is 0.303 e. The van der Waals surface area contributed by atoms with Gasteiger partial charge in [-0.1, -0.05) is 30.0 Å². The molecule has 1 aromatic rings. The van der Waals surface area contributed by atoms with E-state index in [1.165, 1.54) is 16.7 Å². The molecule has 2 rings (SSSR count). The quantitative estimate of drug-likeness (QED) is 0.586. The number of hydrogen-bond acceptors (Lipinski definition) is 6. The van der Waals surface area contributed by atoms with Crippen LogP contribution in [0, 0.1) is 0 Å². The van der Waals surface area contributed by atoms with Gasteiger partial charge < -0.3 is 14.6 Å². The zero-order valence-corrected chi connectivity index (χ0v) is 14.9. The fourth-order valence-electron chi connectivity index (χ4n) is 2.18. The molecule has 0 bridgehead atoms. The number of thiocarbonyl (C=S) groups is 1. The van der Waals surface area contributed by atoms with Crippen LogP contribution in [0.5, 0.6) is 11.5 Å². The Morgan fingerprint density at radius 2 is 2.04 bits per heavy atom. The third kappa shape index (κ3) is 4.27. The summed E-state index contributed by atoms with van der Waals surface area (Å²) in [5, 5.41) is 8.68. The van der Waals surface area contributed by atoms with E-state index in [-0.39, 0.29) is 12.3 Å². The molecule has 0 saturated carbocycles. The number of hydrogen-bond donors (Lipinski definition) is 1. The van der Waals surface area contributed by atoms with Crippen molar-refractivity contribution in [2.75, 3.05) is 20.8 Å². The van der Waals surface area contributed by atoms with E-state index in [0.29, 0.717) is 33.7 Å². The summed E-state index contributed by atoms with van der Waals surface area (Å²) in [4.78, 5) is 24.9. The summed E-state index contributed by atoms with van der Waals surface area (Å²) in [6, 6.07) is 5.35. The van der Waals surface area contributed by atoms with Crippen LogP contribution in [0.2, 0.25) is 0 Å². The molecule has 1 amide bonds. The van der Waals surface area contributed by atoms with E-state index in [0.717, 1.165) is 5.56 Å². The van der Waals surface area contributed by atoms with E-state index in [4.69, 9.17) is 26.8 Å². The molecule has 0 atom stereocenters. The van der Waals surface area contributed by atoms with E-state index in [1.54, 1.807) is 32.4 Å². The largest absolute Gasteiger partial charge is 0.493 e. The van der Waals surface area contributed by atoms with Gasteiger partial charge >= 0.3 is 5.97 Å². The maximum absolute atomic E-state index is 12.4. The van der Waals surface area contributed by atoms with Crippen molar-refractivity contribution in [3.05, 3.63) is 28.7 Å². The zero-order valence-electron chi connectivity index (χ0n) is 13.3. The maximum Gasteiger partial charge on any atom is 0.303 e. The van der Waals surface area contributed by atoms with Crippen molar-refractivity contribution >= 4 is 46.3 Å². The number of carboxylic acid groups (broad SMARTS) is 1. The summed E-state index contributed by atoms with van der Waals surface area (Å²) in [6.45, 7) is 0.306. The average Bonchev–Trinajstić information content (AvgIpc) is 2.81. The number of carboxylic acids is 1. The molecule has 1 heterocycles. The molecule has 1 aliphatic rings. The lowest BCUT2D eigenvalue weighted by atomic mass is 10.2. The SMILES string of the molecule is COc1ccc(/C=C2/SC(=S)N(CCCC(=O)O)C2=O)cc1OC.